The second kappa shape index (κ2) is 6.94. The molecule has 0 bridgehead atoms. The Labute approximate surface area is 109 Å². The van der Waals surface area contributed by atoms with Gasteiger partial charge in [0.25, 0.3) is 0 Å². The zero-order valence-electron chi connectivity index (χ0n) is 10.7. The molecule has 0 fully saturated rings. The summed E-state index contributed by atoms with van der Waals surface area (Å²) in [6, 6.07) is 6.89. The molecule has 1 rings (SSSR count). The SMILES string of the molecule is CN(Cc1ccccc1F)CC(C)(C)CN.Cl. The van der Waals surface area contributed by atoms with Gasteiger partial charge in [0.15, 0.2) is 0 Å². The van der Waals surface area contributed by atoms with Crippen LogP contribution in [0.1, 0.15) is 19.4 Å². The first-order valence-electron chi connectivity index (χ1n) is 5.56. The van der Waals surface area contributed by atoms with Gasteiger partial charge in [-0.15, -0.1) is 12.4 Å². The van der Waals surface area contributed by atoms with Crippen molar-refractivity contribution >= 4 is 12.4 Å². The Morgan fingerprint density at radius 2 is 1.88 bits per heavy atom. The van der Waals surface area contributed by atoms with Crippen LogP contribution in [0.15, 0.2) is 24.3 Å². The molecule has 0 saturated carbocycles. The van der Waals surface area contributed by atoms with Crippen LogP contribution >= 0.6 is 12.4 Å². The molecule has 0 aliphatic heterocycles. The predicted octanol–water partition coefficient (Wildman–Crippen LogP) is 2.66. The zero-order chi connectivity index (χ0) is 12.2. The third kappa shape index (κ3) is 5.48. The van der Waals surface area contributed by atoms with Crippen LogP contribution in [0.25, 0.3) is 0 Å². The van der Waals surface area contributed by atoms with Gasteiger partial charge in [-0.05, 0) is 25.1 Å². The third-order valence-corrected chi connectivity index (χ3v) is 2.65. The molecule has 98 valence electrons. The van der Waals surface area contributed by atoms with E-state index in [0.29, 0.717) is 13.1 Å². The topological polar surface area (TPSA) is 29.3 Å². The molecule has 0 aliphatic carbocycles. The molecule has 4 heteroatoms. The third-order valence-electron chi connectivity index (χ3n) is 2.65. The number of rotatable bonds is 5. The number of nitrogens with two attached hydrogens (primary N) is 1. The maximum atomic E-state index is 13.4. The van der Waals surface area contributed by atoms with Gasteiger partial charge in [0.05, 0.1) is 0 Å². The minimum atomic E-state index is -0.139. The van der Waals surface area contributed by atoms with E-state index in [0.717, 1.165) is 12.1 Å². The van der Waals surface area contributed by atoms with E-state index in [4.69, 9.17) is 5.73 Å². The quantitative estimate of drug-likeness (QED) is 0.882. The number of halogens is 2. The van der Waals surface area contributed by atoms with Crippen LogP contribution < -0.4 is 5.73 Å². The lowest BCUT2D eigenvalue weighted by atomic mass is 9.93. The number of hydrogen-bond acceptors (Lipinski definition) is 2. The zero-order valence-corrected chi connectivity index (χ0v) is 11.6. The molecule has 0 spiro atoms. The van der Waals surface area contributed by atoms with Crippen molar-refractivity contribution in [2.24, 2.45) is 11.1 Å². The van der Waals surface area contributed by atoms with Crippen LogP contribution in [0.5, 0.6) is 0 Å². The molecule has 0 unspecified atom stereocenters. The minimum absolute atomic E-state index is 0. The summed E-state index contributed by atoms with van der Waals surface area (Å²) >= 11 is 0. The van der Waals surface area contributed by atoms with Crippen LogP contribution in [0.4, 0.5) is 4.39 Å². The van der Waals surface area contributed by atoms with Crippen LogP contribution in [0.2, 0.25) is 0 Å². The van der Waals surface area contributed by atoms with Crippen molar-refractivity contribution < 1.29 is 4.39 Å². The van der Waals surface area contributed by atoms with Crippen molar-refractivity contribution in [2.45, 2.75) is 20.4 Å². The van der Waals surface area contributed by atoms with Crippen molar-refractivity contribution in [3.8, 4) is 0 Å². The molecule has 0 aromatic heterocycles. The Morgan fingerprint density at radius 1 is 1.29 bits per heavy atom. The van der Waals surface area contributed by atoms with E-state index < -0.39 is 0 Å². The smallest absolute Gasteiger partial charge is 0.127 e. The fourth-order valence-corrected chi connectivity index (χ4v) is 1.77. The van der Waals surface area contributed by atoms with E-state index in [9.17, 15) is 4.39 Å². The maximum Gasteiger partial charge on any atom is 0.127 e. The lowest BCUT2D eigenvalue weighted by Crippen LogP contribution is -2.36. The van der Waals surface area contributed by atoms with Crippen molar-refractivity contribution in [1.29, 1.82) is 0 Å². The van der Waals surface area contributed by atoms with Crippen molar-refractivity contribution in [1.82, 2.24) is 4.90 Å². The second-order valence-corrected chi connectivity index (χ2v) is 5.13. The Bertz CT molecular complexity index is 342. The highest BCUT2D eigenvalue weighted by Gasteiger charge is 2.18. The number of hydrogen-bond donors (Lipinski definition) is 1. The van der Waals surface area contributed by atoms with Crippen molar-refractivity contribution in [2.75, 3.05) is 20.1 Å². The Kier molecular flexibility index (Phi) is 6.68. The number of nitrogens with zero attached hydrogens (tertiary/aromatic N) is 1. The van der Waals surface area contributed by atoms with Gasteiger partial charge in [-0.2, -0.15) is 0 Å². The fraction of sp³-hybridized carbons (Fsp3) is 0.538. The van der Waals surface area contributed by atoms with Crippen LogP contribution in [-0.4, -0.2) is 25.0 Å². The van der Waals surface area contributed by atoms with E-state index in [-0.39, 0.29) is 23.6 Å². The highest BCUT2D eigenvalue weighted by Crippen LogP contribution is 2.16. The second-order valence-electron chi connectivity index (χ2n) is 5.13. The first kappa shape index (κ1) is 16.4. The van der Waals surface area contributed by atoms with E-state index in [1.165, 1.54) is 6.07 Å². The predicted molar refractivity (Wildman–Crippen MR) is 72.8 cm³/mol. The summed E-state index contributed by atoms with van der Waals surface area (Å²) in [5.41, 5.74) is 6.48. The summed E-state index contributed by atoms with van der Waals surface area (Å²) in [6.07, 6.45) is 0. The molecule has 0 saturated heterocycles. The summed E-state index contributed by atoms with van der Waals surface area (Å²) in [6.45, 7) is 6.35. The number of benzene rings is 1. The molecule has 0 amide bonds. The van der Waals surface area contributed by atoms with E-state index in [1.54, 1.807) is 6.07 Å². The standard InChI is InChI=1S/C13H21FN2.ClH/c1-13(2,9-15)10-16(3)8-11-6-4-5-7-12(11)14;/h4-7H,8-10,15H2,1-3H3;1H. The van der Waals surface area contributed by atoms with Crippen LogP contribution in [-0.2, 0) is 6.54 Å². The largest absolute Gasteiger partial charge is 0.330 e. The van der Waals surface area contributed by atoms with Gasteiger partial charge < -0.3 is 10.6 Å². The van der Waals surface area contributed by atoms with E-state index >= 15 is 0 Å². The highest BCUT2D eigenvalue weighted by molar-refractivity contribution is 5.85. The molecular weight excluding hydrogens is 239 g/mol. The molecule has 1 aromatic carbocycles. The Balaban J connectivity index is 0.00000256. The summed E-state index contributed by atoms with van der Waals surface area (Å²) in [5, 5.41) is 0. The molecule has 0 atom stereocenters. The minimum Gasteiger partial charge on any atom is -0.330 e. The first-order chi connectivity index (χ1) is 7.44. The van der Waals surface area contributed by atoms with Crippen LogP contribution in [0, 0.1) is 11.2 Å². The molecule has 2 nitrogen and oxygen atoms in total. The normalized spacial score (nSPS) is 11.4. The molecule has 17 heavy (non-hydrogen) atoms. The summed E-state index contributed by atoms with van der Waals surface area (Å²) in [4.78, 5) is 2.10. The molecule has 0 aliphatic rings. The summed E-state index contributed by atoms with van der Waals surface area (Å²) in [5.74, 6) is -0.139. The monoisotopic (exact) mass is 260 g/mol. The van der Waals surface area contributed by atoms with Gasteiger partial charge in [0.1, 0.15) is 5.82 Å². The van der Waals surface area contributed by atoms with Gasteiger partial charge in [0, 0.05) is 18.7 Å². The summed E-state index contributed by atoms with van der Waals surface area (Å²) < 4.78 is 13.4. The van der Waals surface area contributed by atoms with E-state index in [2.05, 4.69) is 18.7 Å². The lowest BCUT2D eigenvalue weighted by Gasteiger charge is -2.29. The molecule has 0 radical (unpaired) electrons. The van der Waals surface area contributed by atoms with Crippen molar-refractivity contribution in [3.63, 3.8) is 0 Å². The van der Waals surface area contributed by atoms with Crippen molar-refractivity contribution in [3.05, 3.63) is 35.6 Å². The van der Waals surface area contributed by atoms with Gasteiger partial charge in [-0.3, -0.25) is 0 Å². The Morgan fingerprint density at radius 3 is 2.41 bits per heavy atom. The average Bonchev–Trinajstić information content (AvgIpc) is 2.21. The van der Waals surface area contributed by atoms with Gasteiger partial charge in [0.2, 0.25) is 0 Å². The highest BCUT2D eigenvalue weighted by atomic mass is 35.5. The fourth-order valence-electron chi connectivity index (χ4n) is 1.77. The van der Waals surface area contributed by atoms with Gasteiger partial charge in [-0.25, -0.2) is 4.39 Å². The van der Waals surface area contributed by atoms with Gasteiger partial charge in [-0.1, -0.05) is 32.0 Å². The van der Waals surface area contributed by atoms with E-state index in [1.807, 2.05) is 19.2 Å². The summed E-state index contributed by atoms with van der Waals surface area (Å²) in [7, 11) is 1.99. The first-order valence-corrected chi connectivity index (χ1v) is 5.56. The van der Waals surface area contributed by atoms with Gasteiger partial charge >= 0.3 is 0 Å². The molecular formula is C13H22ClFN2. The molecule has 1 aromatic rings. The average molecular weight is 261 g/mol. The van der Waals surface area contributed by atoms with Crippen LogP contribution in [0.3, 0.4) is 0 Å². The Hall–Kier alpha value is -0.640. The molecule has 0 heterocycles. The lowest BCUT2D eigenvalue weighted by molar-refractivity contribution is 0.208. The molecule has 2 N–H and O–H groups in total. The maximum absolute atomic E-state index is 13.4.